The van der Waals surface area contributed by atoms with Gasteiger partial charge in [0, 0.05) is 13.2 Å². The minimum atomic E-state index is -3.30. The molecule has 0 saturated carbocycles. The Hall–Kier alpha value is -1.00. The summed E-state index contributed by atoms with van der Waals surface area (Å²) in [7, 11) is -3.30. The van der Waals surface area contributed by atoms with Crippen molar-refractivity contribution in [3.63, 3.8) is 0 Å². The smallest absolute Gasteiger partial charge is 0.264 e. The number of rotatable bonds is 14. The van der Waals surface area contributed by atoms with Gasteiger partial charge in [-0.25, -0.2) is 0 Å². The van der Waals surface area contributed by atoms with Crippen LogP contribution in [0.3, 0.4) is 0 Å². The average Bonchev–Trinajstić information content (AvgIpc) is 2.74. The van der Waals surface area contributed by atoms with E-state index in [2.05, 4.69) is 38.9 Å². The van der Waals surface area contributed by atoms with Crippen LogP contribution in [0.4, 0.5) is 0 Å². The molecule has 7 heteroatoms. The molecular weight excluding hydrogens is 515 g/mol. The van der Waals surface area contributed by atoms with Gasteiger partial charge in [-0.1, -0.05) is 83.3 Å². The standard InChI is InChI=1S/C12H18O4S.C11H15IO/c1-17(13,14)16-10-6-5-9-15-11-12-7-3-2-4-8-12;12-8-4-5-9-13-10-11-6-2-1-3-7-11/h2-4,7-8H,5-6,9-11H2,1H3;1-3,6-7H,4-5,8-10H2. The topological polar surface area (TPSA) is 61.8 Å². The Morgan fingerprint density at radius 3 is 1.57 bits per heavy atom. The van der Waals surface area contributed by atoms with Crippen molar-refractivity contribution in [1.29, 1.82) is 0 Å². The van der Waals surface area contributed by atoms with Crippen molar-refractivity contribution < 1.29 is 22.1 Å². The lowest BCUT2D eigenvalue weighted by molar-refractivity contribution is 0.114. The molecule has 30 heavy (non-hydrogen) atoms. The Balaban J connectivity index is 0.000000311. The molecule has 0 bridgehead atoms. The Morgan fingerprint density at radius 1 is 0.700 bits per heavy atom. The molecule has 0 unspecified atom stereocenters. The largest absolute Gasteiger partial charge is 0.377 e. The van der Waals surface area contributed by atoms with Crippen LogP contribution in [0.2, 0.25) is 0 Å². The van der Waals surface area contributed by atoms with E-state index >= 15 is 0 Å². The Kier molecular flexibility index (Phi) is 15.9. The molecule has 0 saturated heterocycles. The number of halogens is 1. The second-order valence-electron chi connectivity index (χ2n) is 6.71. The fourth-order valence-electron chi connectivity index (χ4n) is 2.34. The first-order valence-corrected chi connectivity index (χ1v) is 13.5. The highest BCUT2D eigenvalue weighted by atomic mass is 127. The molecule has 0 atom stereocenters. The van der Waals surface area contributed by atoms with E-state index in [1.807, 2.05) is 48.5 Å². The van der Waals surface area contributed by atoms with Crippen LogP contribution in [0.25, 0.3) is 0 Å². The molecule has 168 valence electrons. The van der Waals surface area contributed by atoms with Gasteiger partial charge in [-0.2, -0.15) is 8.42 Å². The van der Waals surface area contributed by atoms with Crippen molar-refractivity contribution in [2.24, 2.45) is 0 Å². The summed E-state index contributed by atoms with van der Waals surface area (Å²) in [5, 5.41) is 0. The summed E-state index contributed by atoms with van der Waals surface area (Å²) in [5.74, 6) is 0. The lowest BCUT2D eigenvalue weighted by atomic mass is 10.2. The third kappa shape index (κ3) is 16.8. The Labute approximate surface area is 195 Å². The van der Waals surface area contributed by atoms with Gasteiger partial charge in [-0.05, 0) is 41.2 Å². The quantitative estimate of drug-likeness (QED) is 0.137. The number of benzene rings is 2. The van der Waals surface area contributed by atoms with Crippen LogP contribution < -0.4 is 0 Å². The van der Waals surface area contributed by atoms with Crippen LogP contribution in [-0.4, -0.2) is 38.9 Å². The Morgan fingerprint density at radius 2 is 1.13 bits per heavy atom. The highest BCUT2D eigenvalue weighted by molar-refractivity contribution is 14.1. The van der Waals surface area contributed by atoms with Crippen molar-refractivity contribution >= 4 is 32.7 Å². The summed E-state index contributed by atoms with van der Waals surface area (Å²) < 4.78 is 38.1. The molecule has 0 aliphatic heterocycles. The summed E-state index contributed by atoms with van der Waals surface area (Å²) in [6.07, 6.45) is 4.97. The fourth-order valence-corrected chi connectivity index (χ4v) is 3.30. The van der Waals surface area contributed by atoms with Gasteiger partial charge in [0.1, 0.15) is 0 Å². The maximum absolute atomic E-state index is 10.7. The van der Waals surface area contributed by atoms with Crippen molar-refractivity contribution in [2.75, 3.05) is 30.5 Å². The SMILES string of the molecule is CS(=O)(=O)OCCCCOCc1ccccc1.ICCCCOCc1ccccc1. The minimum absolute atomic E-state index is 0.230. The zero-order valence-electron chi connectivity index (χ0n) is 17.7. The van der Waals surface area contributed by atoms with E-state index in [1.165, 1.54) is 22.8 Å². The van der Waals surface area contributed by atoms with E-state index < -0.39 is 10.1 Å². The van der Waals surface area contributed by atoms with Crippen molar-refractivity contribution in [3.8, 4) is 0 Å². The second-order valence-corrected chi connectivity index (χ2v) is 9.43. The molecule has 0 aromatic heterocycles. The first kappa shape index (κ1) is 27.0. The summed E-state index contributed by atoms with van der Waals surface area (Å²) >= 11 is 2.40. The van der Waals surface area contributed by atoms with Gasteiger partial charge in [0.15, 0.2) is 0 Å². The van der Waals surface area contributed by atoms with Gasteiger partial charge in [0.2, 0.25) is 0 Å². The Bertz CT molecular complexity index is 739. The van der Waals surface area contributed by atoms with Crippen LogP contribution in [0.5, 0.6) is 0 Å². The molecule has 0 amide bonds. The lowest BCUT2D eigenvalue weighted by Crippen LogP contribution is -2.05. The highest BCUT2D eigenvalue weighted by Crippen LogP contribution is 2.03. The molecule has 2 aromatic rings. The van der Waals surface area contributed by atoms with Gasteiger partial charge in [-0.15, -0.1) is 0 Å². The fraction of sp³-hybridized carbons (Fsp3) is 0.478. The normalized spacial score (nSPS) is 11.0. The molecule has 2 rings (SSSR count). The van der Waals surface area contributed by atoms with Crippen molar-refractivity contribution in [1.82, 2.24) is 0 Å². The molecule has 2 aromatic carbocycles. The minimum Gasteiger partial charge on any atom is -0.377 e. The summed E-state index contributed by atoms with van der Waals surface area (Å²) in [6, 6.07) is 20.2. The van der Waals surface area contributed by atoms with E-state index in [9.17, 15) is 8.42 Å². The number of ether oxygens (including phenoxy) is 2. The van der Waals surface area contributed by atoms with E-state index in [1.54, 1.807) is 0 Å². The first-order chi connectivity index (χ1) is 14.5. The molecule has 0 spiro atoms. The van der Waals surface area contributed by atoms with Crippen LogP contribution >= 0.6 is 22.6 Å². The first-order valence-electron chi connectivity index (χ1n) is 10.1. The van der Waals surface area contributed by atoms with E-state index in [0.717, 1.165) is 31.5 Å². The zero-order valence-corrected chi connectivity index (χ0v) is 20.6. The van der Waals surface area contributed by atoms with Crippen LogP contribution in [-0.2, 0) is 37.0 Å². The zero-order chi connectivity index (χ0) is 21.9. The highest BCUT2D eigenvalue weighted by Gasteiger charge is 2.00. The summed E-state index contributed by atoms with van der Waals surface area (Å²) in [6.45, 7) is 3.07. The van der Waals surface area contributed by atoms with Crippen LogP contribution in [0.1, 0.15) is 36.8 Å². The molecule has 0 N–H and O–H groups in total. The third-order valence-electron chi connectivity index (χ3n) is 3.88. The average molecular weight is 548 g/mol. The molecule has 0 radical (unpaired) electrons. The third-order valence-corrected chi connectivity index (χ3v) is 5.23. The van der Waals surface area contributed by atoms with E-state index in [4.69, 9.17) is 9.47 Å². The summed E-state index contributed by atoms with van der Waals surface area (Å²) in [5.41, 5.74) is 2.40. The summed E-state index contributed by atoms with van der Waals surface area (Å²) in [4.78, 5) is 0. The number of hydrogen-bond donors (Lipinski definition) is 0. The van der Waals surface area contributed by atoms with Gasteiger partial charge in [0.25, 0.3) is 10.1 Å². The molecule has 0 aliphatic carbocycles. The number of hydrogen-bond acceptors (Lipinski definition) is 5. The number of unbranched alkanes of at least 4 members (excludes halogenated alkanes) is 2. The second kappa shape index (κ2) is 17.7. The molecule has 0 fully saturated rings. The van der Waals surface area contributed by atoms with Crippen molar-refractivity contribution in [3.05, 3.63) is 71.8 Å². The van der Waals surface area contributed by atoms with Crippen LogP contribution in [0, 0.1) is 0 Å². The van der Waals surface area contributed by atoms with Crippen molar-refractivity contribution in [2.45, 2.75) is 38.9 Å². The maximum atomic E-state index is 10.7. The monoisotopic (exact) mass is 548 g/mol. The van der Waals surface area contributed by atoms with Gasteiger partial charge in [-0.3, -0.25) is 4.18 Å². The van der Waals surface area contributed by atoms with Gasteiger partial charge < -0.3 is 9.47 Å². The molecule has 0 heterocycles. The molecule has 5 nitrogen and oxygen atoms in total. The predicted molar refractivity (Wildman–Crippen MR) is 130 cm³/mol. The lowest BCUT2D eigenvalue weighted by Gasteiger charge is -2.04. The van der Waals surface area contributed by atoms with Crippen LogP contribution in [0.15, 0.2) is 60.7 Å². The molecular formula is C23H33IO5S. The predicted octanol–water partition coefficient (Wildman–Crippen LogP) is 5.38. The molecule has 0 aliphatic rings. The van der Waals surface area contributed by atoms with Gasteiger partial charge in [0.05, 0.1) is 26.1 Å². The number of alkyl halides is 1. The van der Waals surface area contributed by atoms with E-state index in [-0.39, 0.29) is 6.61 Å². The van der Waals surface area contributed by atoms with Gasteiger partial charge >= 0.3 is 0 Å². The van der Waals surface area contributed by atoms with E-state index in [0.29, 0.717) is 19.6 Å². The maximum Gasteiger partial charge on any atom is 0.264 e.